The van der Waals surface area contributed by atoms with Crippen LogP contribution in [0.2, 0.25) is 0 Å². The maximum Gasteiger partial charge on any atom is 0.235 e. The molecule has 0 spiro atoms. The zero-order valence-electron chi connectivity index (χ0n) is 7.16. The van der Waals surface area contributed by atoms with Crippen molar-refractivity contribution in [3.8, 4) is 0 Å². The summed E-state index contributed by atoms with van der Waals surface area (Å²) in [6.45, 7) is 2.77. The molecule has 0 aliphatic heterocycles. The third-order valence-corrected chi connectivity index (χ3v) is 1.45. The Morgan fingerprint density at radius 2 is 2.00 bits per heavy atom. The zero-order valence-corrected chi connectivity index (χ0v) is 7.16. The lowest BCUT2D eigenvalue weighted by Crippen LogP contribution is -2.15. The van der Waals surface area contributed by atoms with Crippen molar-refractivity contribution in [2.24, 2.45) is 4.99 Å². The number of nitrogens with zero attached hydrogens (tertiary/aromatic N) is 1. The van der Waals surface area contributed by atoms with Crippen LogP contribution in [-0.2, 0) is 14.4 Å². The Labute approximate surface area is 70.7 Å². The molecule has 0 saturated carbocycles. The third-order valence-electron chi connectivity index (χ3n) is 1.45. The highest BCUT2D eigenvalue weighted by Gasteiger charge is 2.12. The van der Waals surface area contributed by atoms with Crippen LogP contribution in [0.4, 0.5) is 0 Å². The SMILES string of the molecule is CC(=O)CCC(N=C=O)C(C)=O. The van der Waals surface area contributed by atoms with Gasteiger partial charge in [0.25, 0.3) is 0 Å². The quantitative estimate of drug-likeness (QED) is 0.448. The van der Waals surface area contributed by atoms with Crippen molar-refractivity contribution in [3.05, 3.63) is 0 Å². The Bertz CT molecular complexity index is 226. The Hall–Kier alpha value is -1.28. The van der Waals surface area contributed by atoms with Gasteiger partial charge in [0.15, 0.2) is 5.78 Å². The van der Waals surface area contributed by atoms with E-state index in [1.54, 1.807) is 0 Å². The highest BCUT2D eigenvalue weighted by atomic mass is 16.1. The molecule has 1 atom stereocenters. The predicted molar refractivity (Wildman–Crippen MR) is 42.5 cm³/mol. The van der Waals surface area contributed by atoms with E-state index < -0.39 is 6.04 Å². The molecule has 0 rings (SSSR count). The number of hydrogen-bond donors (Lipinski definition) is 0. The van der Waals surface area contributed by atoms with Gasteiger partial charge < -0.3 is 4.79 Å². The summed E-state index contributed by atoms with van der Waals surface area (Å²) in [5, 5.41) is 0. The molecule has 0 saturated heterocycles. The van der Waals surface area contributed by atoms with Crippen LogP contribution in [0.15, 0.2) is 4.99 Å². The number of hydrogen-bond acceptors (Lipinski definition) is 4. The second kappa shape index (κ2) is 5.38. The molecular weight excluding hydrogens is 158 g/mol. The van der Waals surface area contributed by atoms with Crippen LogP contribution in [-0.4, -0.2) is 23.7 Å². The summed E-state index contributed by atoms with van der Waals surface area (Å²) in [4.78, 5) is 34.4. The Morgan fingerprint density at radius 3 is 2.33 bits per heavy atom. The van der Waals surface area contributed by atoms with E-state index in [0.717, 1.165) is 0 Å². The maximum absolute atomic E-state index is 10.8. The molecule has 4 heteroatoms. The number of rotatable bonds is 5. The number of Topliss-reactive ketones (excluding diaryl/α,β-unsaturated/α-hetero) is 2. The maximum atomic E-state index is 10.8. The summed E-state index contributed by atoms with van der Waals surface area (Å²) >= 11 is 0. The molecule has 0 radical (unpaired) electrons. The van der Waals surface area contributed by atoms with Gasteiger partial charge in [-0.25, -0.2) is 4.79 Å². The second-order valence-corrected chi connectivity index (χ2v) is 2.59. The number of ketones is 2. The number of carbonyl (C=O) groups excluding carboxylic acids is 3. The van der Waals surface area contributed by atoms with Crippen molar-refractivity contribution in [1.82, 2.24) is 0 Å². The molecule has 0 aliphatic carbocycles. The molecule has 0 aromatic heterocycles. The van der Waals surface area contributed by atoms with Crippen molar-refractivity contribution < 1.29 is 14.4 Å². The van der Waals surface area contributed by atoms with E-state index >= 15 is 0 Å². The number of isocyanates is 1. The van der Waals surface area contributed by atoms with Crippen LogP contribution in [0.3, 0.4) is 0 Å². The monoisotopic (exact) mass is 169 g/mol. The van der Waals surface area contributed by atoms with Crippen molar-refractivity contribution in [1.29, 1.82) is 0 Å². The van der Waals surface area contributed by atoms with E-state index in [1.165, 1.54) is 19.9 Å². The summed E-state index contributed by atoms with van der Waals surface area (Å²) < 4.78 is 0. The van der Waals surface area contributed by atoms with Gasteiger partial charge in [-0.2, -0.15) is 4.99 Å². The van der Waals surface area contributed by atoms with Crippen molar-refractivity contribution in [2.45, 2.75) is 32.7 Å². The average Bonchev–Trinajstić information content (AvgIpc) is 1.96. The van der Waals surface area contributed by atoms with Crippen LogP contribution in [0, 0.1) is 0 Å². The molecule has 0 aliphatic rings. The summed E-state index contributed by atoms with van der Waals surface area (Å²) in [7, 11) is 0. The molecule has 0 heterocycles. The van der Waals surface area contributed by atoms with Crippen LogP contribution in [0.25, 0.3) is 0 Å². The highest BCUT2D eigenvalue weighted by molar-refractivity contribution is 5.83. The fraction of sp³-hybridized carbons (Fsp3) is 0.625. The van der Waals surface area contributed by atoms with E-state index in [4.69, 9.17) is 0 Å². The van der Waals surface area contributed by atoms with Crippen LogP contribution in [0.5, 0.6) is 0 Å². The summed E-state index contributed by atoms with van der Waals surface area (Å²) in [6, 6.07) is -0.689. The number of aliphatic imine (C=N–C) groups is 1. The fourth-order valence-electron chi connectivity index (χ4n) is 0.762. The van der Waals surface area contributed by atoms with E-state index in [2.05, 4.69) is 4.99 Å². The van der Waals surface area contributed by atoms with Gasteiger partial charge >= 0.3 is 0 Å². The number of carbonyl (C=O) groups is 2. The van der Waals surface area contributed by atoms with E-state index in [1.807, 2.05) is 0 Å². The van der Waals surface area contributed by atoms with Gasteiger partial charge in [-0.1, -0.05) is 0 Å². The molecule has 4 nitrogen and oxygen atoms in total. The Kier molecular flexibility index (Phi) is 4.81. The van der Waals surface area contributed by atoms with E-state index in [-0.39, 0.29) is 18.0 Å². The predicted octanol–water partition coefficient (Wildman–Crippen LogP) is 0.649. The molecule has 0 aromatic rings. The summed E-state index contributed by atoms with van der Waals surface area (Å²) in [5.41, 5.74) is 0. The lowest BCUT2D eigenvalue weighted by atomic mass is 10.1. The first-order valence-corrected chi connectivity index (χ1v) is 3.64. The minimum absolute atomic E-state index is 0.0117. The normalized spacial score (nSPS) is 11.5. The first-order valence-electron chi connectivity index (χ1n) is 3.64. The van der Waals surface area contributed by atoms with Crippen LogP contribution >= 0.6 is 0 Å². The van der Waals surface area contributed by atoms with Crippen molar-refractivity contribution >= 4 is 17.6 Å². The molecule has 0 fully saturated rings. The third kappa shape index (κ3) is 4.52. The average molecular weight is 169 g/mol. The smallest absolute Gasteiger partial charge is 0.235 e. The molecule has 0 amide bonds. The minimum Gasteiger partial charge on any atom is -0.300 e. The van der Waals surface area contributed by atoms with E-state index in [0.29, 0.717) is 6.42 Å². The molecule has 66 valence electrons. The van der Waals surface area contributed by atoms with Gasteiger partial charge in [0, 0.05) is 6.42 Å². The minimum atomic E-state index is -0.689. The molecule has 1 unspecified atom stereocenters. The molecule has 0 bridgehead atoms. The first kappa shape index (κ1) is 10.7. The van der Waals surface area contributed by atoms with Crippen molar-refractivity contribution in [2.75, 3.05) is 0 Å². The lowest BCUT2D eigenvalue weighted by Gasteiger charge is -2.03. The lowest BCUT2D eigenvalue weighted by molar-refractivity contribution is -0.119. The topological polar surface area (TPSA) is 63.6 Å². The molecule has 12 heavy (non-hydrogen) atoms. The van der Waals surface area contributed by atoms with Gasteiger partial charge in [0.05, 0.1) is 0 Å². The van der Waals surface area contributed by atoms with E-state index in [9.17, 15) is 14.4 Å². The van der Waals surface area contributed by atoms with Gasteiger partial charge in [-0.05, 0) is 20.3 Å². The highest BCUT2D eigenvalue weighted by Crippen LogP contribution is 2.02. The molecule has 0 N–H and O–H groups in total. The van der Waals surface area contributed by atoms with Crippen LogP contribution in [0.1, 0.15) is 26.7 Å². The summed E-state index contributed by atoms with van der Waals surface area (Å²) in [5.74, 6) is -0.220. The van der Waals surface area contributed by atoms with Gasteiger partial charge in [-0.3, -0.25) is 4.79 Å². The molecular formula is C8H11NO3. The largest absolute Gasteiger partial charge is 0.300 e. The fourth-order valence-corrected chi connectivity index (χ4v) is 0.762. The standard InChI is InChI=1S/C8H11NO3/c1-6(11)3-4-8(7(2)12)9-5-10/h8H,3-4H2,1-2H3. The Morgan fingerprint density at radius 1 is 1.42 bits per heavy atom. The van der Waals surface area contributed by atoms with Gasteiger partial charge in [-0.15, -0.1) is 0 Å². The zero-order chi connectivity index (χ0) is 9.56. The molecule has 0 aromatic carbocycles. The van der Waals surface area contributed by atoms with Crippen LogP contribution < -0.4 is 0 Å². The Balaban J connectivity index is 4.05. The van der Waals surface area contributed by atoms with Gasteiger partial charge in [0.1, 0.15) is 11.8 Å². The van der Waals surface area contributed by atoms with Crippen molar-refractivity contribution in [3.63, 3.8) is 0 Å². The first-order chi connectivity index (χ1) is 5.57. The summed E-state index contributed by atoms with van der Waals surface area (Å²) in [6.07, 6.45) is 1.89. The second-order valence-electron chi connectivity index (χ2n) is 2.59. The van der Waals surface area contributed by atoms with Gasteiger partial charge in [0.2, 0.25) is 6.08 Å².